The third kappa shape index (κ3) is 3.18. The topological polar surface area (TPSA) is 71.0 Å². The monoisotopic (exact) mass is 349 g/mol. The van der Waals surface area contributed by atoms with Crippen molar-refractivity contribution in [2.45, 2.75) is 25.4 Å². The predicted molar refractivity (Wildman–Crippen MR) is 99.0 cm³/mol. The molecular formula is C20H19N3O3. The van der Waals surface area contributed by atoms with Crippen molar-refractivity contribution in [2.75, 3.05) is 16.8 Å². The third-order valence-electron chi connectivity index (χ3n) is 4.62. The molecule has 6 nitrogen and oxygen atoms in total. The van der Waals surface area contributed by atoms with E-state index in [-0.39, 0.29) is 17.9 Å². The molecule has 0 aliphatic carbocycles. The highest BCUT2D eigenvalue weighted by molar-refractivity contribution is 6.43. The molecule has 0 aromatic heterocycles. The minimum atomic E-state index is -0.303. The molecule has 0 saturated carbocycles. The molecule has 0 bridgehead atoms. The second-order valence-electron chi connectivity index (χ2n) is 6.37. The number of amides is 2. The Balaban J connectivity index is 1.47. The molecule has 1 saturated heterocycles. The summed E-state index contributed by atoms with van der Waals surface area (Å²) in [7, 11) is 0. The molecular weight excluding hydrogens is 330 g/mol. The highest BCUT2D eigenvalue weighted by Gasteiger charge is 2.29. The van der Waals surface area contributed by atoms with Crippen LogP contribution in [0.4, 0.5) is 11.4 Å². The fourth-order valence-electron chi connectivity index (χ4n) is 3.27. The highest BCUT2D eigenvalue weighted by atomic mass is 16.6. The average molecular weight is 349 g/mol. The van der Waals surface area contributed by atoms with Gasteiger partial charge in [0.05, 0.1) is 11.4 Å². The molecule has 2 aliphatic rings. The van der Waals surface area contributed by atoms with Gasteiger partial charge in [0, 0.05) is 19.4 Å². The standard InChI is InChI=1S/C20H19N3O3/c24-19-11-6-12-23(19)17-10-5-4-9-15(17)21-20(25)16-13-18(26-22-16)14-7-2-1-3-8-14/h1-5,7-10,18H,6,11-13H2,(H,21,25). The molecule has 1 N–H and O–H groups in total. The lowest BCUT2D eigenvalue weighted by molar-refractivity contribution is -0.117. The van der Waals surface area contributed by atoms with Crippen molar-refractivity contribution in [2.24, 2.45) is 5.16 Å². The van der Waals surface area contributed by atoms with Crippen molar-refractivity contribution < 1.29 is 14.4 Å². The quantitative estimate of drug-likeness (QED) is 0.921. The van der Waals surface area contributed by atoms with E-state index in [4.69, 9.17) is 4.84 Å². The van der Waals surface area contributed by atoms with Crippen molar-refractivity contribution >= 4 is 28.9 Å². The van der Waals surface area contributed by atoms with Gasteiger partial charge < -0.3 is 15.1 Å². The average Bonchev–Trinajstić information content (AvgIpc) is 3.32. The van der Waals surface area contributed by atoms with E-state index in [1.54, 1.807) is 11.0 Å². The Hall–Kier alpha value is -3.15. The van der Waals surface area contributed by atoms with Gasteiger partial charge in [0.2, 0.25) is 5.91 Å². The molecule has 1 atom stereocenters. The summed E-state index contributed by atoms with van der Waals surface area (Å²) in [5, 5.41) is 6.83. The second-order valence-corrected chi connectivity index (χ2v) is 6.37. The first-order valence-electron chi connectivity index (χ1n) is 8.71. The number of rotatable bonds is 4. The largest absolute Gasteiger partial charge is 0.387 e. The van der Waals surface area contributed by atoms with E-state index in [1.165, 1.54) is 0 Å². The molecule has 6 heteroatoms. The Labute approximate surface area is 151 Å². The van der Waals surface area contributed by atoms with Crippen LogP contribution in [-0.2, 0) is 14.4 Å². The molecule has 132 valence electrons. The Morgan fingerprint density at radius 2 is 1.88 bits per heavy atom. The molecule has 2 aliphatic heterocycles. The van der Waals surface area contributed by atoms with Crippen LogP contribution < -0.4 is 10.2 Å². The third-order valence-corrected chi connectivity index (χ3v) is 4.62. The summed E-state index contributed by atoms with van der Waals surface area (Å²) in [6, 6.07) is 17.0. The molecule has 1 unspecified atom stereocenters. The lowest BCUT2D eigenvalue weighted by atomic mass is 10.0. The molecule has 2 heterocycles. The van der Waals surface area contributed by atoms with Crippen LogP contribution in [0.2, 0.25) is 0 Å². The van der Waals surface area contributed by atoms with E-state index in [9.17, 15) is 9.59 Å². The molecule has 0 spiro atoms. The van der Waals surface area contributed by atoms with Gasteiger partial charge in [-0.05, 0) is 24.1 Å². The van der Waals surface area contributed by atoms with E-state index < -0.39 is 0 Å². The summed E-state index contributed by atoms with van der Waals surface area (Å²) >= 11 is 0. The van der Waals surface area contributed by atoms with Crippen molar-refractivity contribution in [3.63, 3.8) is 0 Å². The maximum absolute atomic E-state index is 12.6. The predicted octanol–water partition coefficient (Wildman–Crippen LogP) is 3.27. The zero-order chi connectivity index (χ0) is 17.9. The van der Waals surface area contributed by atoms with E-state index >= 15 is 0 Å². The highest BCUT2D eigenvalue weighted by Crippen LogP contribution is 2.31. The van der Waals surface area contributed by atoms with E-state index in [0.717, 1.165) is 17.7 Å². The molecule has 2 aromatic rings. The van der Waals surface area contributed by atoms with Crippen LogP contribution >= 0.6 is 0 Å². The zero-order valence-corrected chi connectivity index (χ0v) is 14.2. The van der Waals surface area contributed by atoms with Crippen LogP contribution in [0, 0.1) is 0 Å². The fourth-order valence-corrected chi connectivity index (χ4v) is 3.27. The van der Waals surface area contributed by atoms with Gasteiger partial charge in [-0.3, -0.25) is 9.59 Å². The number of carbonyl (C=O) groups is 2. The van der Waals surface area contributed by atoms with Gasteiger partial charge in [0.1, 0.15) is 5.71 Å². The summed E-state index contributed by atoms with van der Waals surface area (Å²) in [6.07, 6.45) is 1.55. The Bertz CT molecular complexity index is 864. The van der Waals surface area contributed by atoms with Crippen molar-refractivity contribution in [3.05, 3.63) is 60.2 Å². The number of oxime groups is 1. The van der Waals surface area contributed by atoms with Crippen LogP contribution in [0.15, 0.2) is 59.8 Å². The number of nitrogens with zero attached hydrogens (tertiary/aromatic N) is 2. The Morgan fingerprint density at radius 3 is 2.65 bits per heavy atom. The number of nitrogens with one attached hydrogen (secondary N) is 1. The van der Waals surface area contributed by atoms with Crippen LogP contribution in [0.3, 0.4) is 0 Å². The lowest BCUT2D eigenvalue weighted by Crippen LogP contribution is -2.27. The minimum Gasteiger partial charge on any atom is -0.387 e. The molecule has 2 aromatic carbocycles. The molecule has 4 rings (SSSR count). The van der Waals surface area contributed by atoms with Gasteiger partial charge in [-0.2, -0.15) is 0 Å². The summed E-state index contributed by atoms with van der Waals surface area (Å²) < 4.78 is 0. The molecule has 26 heavy (non-hydrogen) atoms. The van der Waals surface area contributed by atoms with Crippen molar-refractivity contribution in [1.29, 1.82) is 0 Å². The smallest absolute Gasteiger partial charge is 0.273 e. The first-order chi connectivity index (χ1) is 12.7. The number of anilines is 2. The van der Waals surface area contributed by atoms with Crippen molar-refractivity contribution in [3.8, 4) is 0 Å². The number of carbonyl (C=O) groups excluding carboxylic acids is 2. The molecule has 2 amide bonds. The van der Waals surface area contributed by atoms with Gasteiger partial charge in [-0.25, -0.2) is 0 Å². The van der Waals surface area contributed by atoms with E-state index in [0.29, 0.717) is 30.8 Å². The maximum atomic E-state index is 12.6. The Kier molecular flexibility index (Phi) is 4.39. The first-order valence-corrected chi connectivity index (χ1v) is 8.71. The van der Waals surface area contributed by atoms with Crippen LogP contribution in [0.25, 0.3) is 0 Å². The van der Waals surface area contributed by atoms with Crippen LogP contribution in [0.5, 0.6) is 0 Å². The number of hydrogen-bond donors (Lipinski definition) is 1. The van der Waals surface area contributed by atoms with Gasteiger partial charge in [-0.15, -0.1) is 0 Å². The van der Waals surface area contributed by atoms with Crippen molar-refractivity contribution in [1.82, 2.24) is 0 Å². The first kappa shape index (κ1) is 16.3. The lowest BCUT2D eigenvalue weighted by Gasteiger charge is -2.19. The van der Waals surface area contributed by atoms with Gasteiger partial charge >= 0.3 is 0 Å². The SMILES string of the molecule is O=C(Nc1ccccc1N1CCCC1=O)C1=NOC(c2ccccc2)C1. The molecule has 1 fully saturated rings. The second kappa shape index (κ2) is 7.00. The van der Waals surface area contributed by atoms with E-state index in [2.05, 4.69) is 10.5 Å². The zero-order valence-electron chi connectivity index (χ0n) is 14.2. The summed E-state index contributed by atoms with van der Waals surface area (Å²) in [5.41, 5.74) is 2.67. The number of para-hydroxylation sites is 2. The normalized spacial score (nSPS) is 19.2. The molecule has 0 radical (unpaired) electrons. The van der Waals surface area contributed by atoms with Gasteiger partial charge in [0.25, 0.3) is 5.91 Å². The van der Waals surface area contributed by atoms with Crippen LogP contribution in [-0.4, -0.2) is 24.1 Å². The Morgan fingerprint density at radius 1 is 1.12 bits per heavy atom. The van der Waals surface area contributed by atoms with Crippen LogP contribution in [0.1, 0.15) is 30.9 Å². The number of hydrogen-bond acceptors (Lipinski definition) is 4. The minimum absolute atomic E-state index is 0.0809. The van der Waals surface area contributed by atoms with Gasteiger partial charge in [-0.1, -0.05) is 47.6 Å². The summed E-state index contributed by atoms with van der Waals surface area (Å²) in [5.74, 6) is -0.222. The number of benzene rings is 2. The maximum Gasteiger partial charge on any atom is 0.273 e. The van der Waals surface area contributed by atoms with E-state index in [1.807, 2.05) is 48.5 Å². The fraction of sp³-hybridized carbons (Fsp3) is 0.250. The summed E-state index contributed by atoms with van der Waals surface area (Å²) in [4.78, 5) is 31.8. The summed E-state index contributed by atoms with van der Waals surface area (Å²) in [6.45, 7) is 0.672. The van der Waals surface area contributed by atoms with Gasteiger partial charge in [0.15, 0.2) is 6.10 Å².